The van der Waals surface area contributed by atoms with Crippen LogP contribution in [0.2, 0.25) is 0 Å². The molecular formula is C19H17BrN2O4S. The summed E-state index contributed by atoms with van der Waals surface area (Å²) in [6.07, 6.45) is 0. The average Bonchev–Trinajstić information content (AvgIpc) is 3.14. The number of nitrogens with one attached hydrogen (secondary N) is 1. The number of amides is 1. The fourth-order valence-corrected chi connectivity index (χ4v) is 3.44. The number of hydrogen-bond acceptors (Lipinski definition) is 6. The maximum atomic E-state index is 12.1. The highest BCUT2D eigenvalue weighted by molar-refractivity contribution is 9.10. The minimum Gasteiger partial charge on any atom is -0.497 e. The van der Waals surface area contributed by atoms with Crippen LogP contribution in [0, 0.1) is 0 Å². The van der Waals surface area contributed by atoms with E-state index in [1.807, 2.05) is 35.7 Å². The van der Waals surface area contributed by atoms with Crippen molar-refractivity contribution in [2.75, 3.05) is 26.1 Å². The van der Waals surface area contributed by atoms with Gasteiger partial charge in [-0.25, -0.2) is 4.98 Å². The molecule has 3 rings (SSSR count). The van der Waals surface area contributed by atoms with Gasteiger partial charge < -0.3 is 14.2 Å². The molecule has 0 radical (unpaired) electrons. The third kappa shape index (κ3) is 4.99. The summed E-state index contributed by atoms with van der Waals surface area (Å²) in [4.78, 5) is 16.6. The maximum Gasteiger partial charge on any atom is 0.264 e. The van der Waals surface area contributed by atoms with Crippen LogP contribution in [0.5, 0.6) is 17.2 Å². The summed E-state index contributed by atoms with van der Waals surface area (Å²) in [6.45, 7) is -0.103. The Hall–Kier alpha value is -2.58. The van der Waals surface area contributed by atoms with Crippen LogP contribution in [0.25, 0.3) is 11.3 Å². The van der Waals surface area contributed by atoms with Gasteiger partial charge in [0, 0.05) is 15.4 Å². The number of halogens is 1. The minimum atomic E-state index is -0.284. The van der Waals surface area contributed by atoms with E-state index in [9.17, 15) is 4.79 Å². The first-order valence-electron chi connectivity index (χ1n) is 7.95. The Balaban J connectivity index is 1.66. The molecular weight excluding hydrogens is 432 g/mol. The Morgan fingerprint density at radius 3 is 2.74 bits per heavy atom. The van der Waals surface area contributed by atoms with Crippen molar-refractivity contribution in [3.63, 3.8) is 0 Å². The van der Waals surface area contributed by atoms with E-state index in [-0.39, 0.29) is 12.5 Å². The average molecular weight is 449 g/mol. The van der Waals surface area contributed by atoms with E-state index in [0.29, 0.717) is 28.1 Å². The summed E-state index contributed by atoms with van der Waals surface area (Å²) >= 11 is 4.69. The van der Waals surface area contributed by atoms with Crippen LogP contribution in [0.4, 0.5) is 5.13 Å². The van der Waals surface area contributed by atoms with Crippen LogP contribution in [0.15, 0.2) is 52.3 Å². The highest BCUT2D eigenvalue weighted by atomic mass is 79.9. The van der Waals surface area contributed by atoms with Gasteiger partial charge in [0.25, 0.3) is 5.91 Å². The van der Waals surface area contributed by atoms with E-state index >= 15 is 0 Å². The van der Waals surface area contributed by atoms with Crippen LogP contribution >= 0.6 is 27.3 Å². The third-order valence-corrected chi connectivity index (χ3v) is 4.85. The monoisotopic (exact) mass is 448 g/mol. The Labute approximate surface area is 169 Å². The molecule has 1 amide bonds. The van der Waals surface area contributed by atoms with Gasteiger partial charge in [-0.2, -0.15) is 0 Å². The Bertz CT molecular complexity index is 945. The number of aromatic nitrogens is 1. The molecule has 0 aliphatic carbocycles. The lowest BCUT2D eigenvalue weighted by molar-refractivity contribution is -0.118. The summed E-state index contributed by atoms with van der Waals surface area (Å²) in [7, 11) is 3.20. The van der Waals surface area contributed by atoms with Crippen LogP contribution in [0.3, 0.4) is 0 Å². The van der Waals surface area contributed by atoms with Crippen LogP contribution < -0.4 is 19.5 Å². The molecule has 1 heterocycles. The maximum absolute atomic E-state index is 12.1. The lowest BCUT2D eigenvalue weighted by Gasteiger charge is -2.08. The molecule has 0 saturated heterocycles. The van der Waals surface area contributed by atoms with Crippen molar-refractivity contribution >= 4 is 38.3 Å². The molecule has 27 heavy (non-hydrogen) atoms. The van der Waals surface area contributed by atoms with E-state index in [1.165, 1.54) is 11.3 Å². The number of ether oxygens (including phenoxy) is 3. The van der Waals surface area contributed by atoms with Crippen molar-refractivity contribution in [3.05, 3.63) is 52.3 Å². The number of rotatable bonds is 7. The van der Waals surface area contributed by atoms with Crippen molar-refractivity contribution in [1.82, 2.24) is 4.98 Å². The lowest BCUT2D eigenvalue weighted by Crippen LogP contribution is -2.20. The molecule has 0 unspecified atom stereocenters. The Morgan fingerprint density at radius 2 is 2.00 bits per heavy atom. The van der Waals surface area contributed by atoms with Gasteiger partial charge in [-0.3, -0.25) is 10.1 Å². The molecule has 0 aliphatic rings. The molecule has 0 fully saturated rings. The number of hydrogen-bond donors (Lipinski definition) is 1. The zero-order chi connectivity index (χ0) is 19.2. The third-order valence-electron chi connectivity index (χ3n) is 3.60. The zero-order valence-electron chi connectivity index (χ0n) is 14.7. The number of carbonyl (C=O) groups excluding carboxylic acids is 1. The summed E-state index contributed by atoms with van der Waals surface area (Å²) in [5.74, 6) is 1.71. The van der Waals surface area contributed by atoms with Gasteiger partial charge in [-0.1, -0.05) is 22.0 Å². The lowest BCUT2D eigenvalue weighted by atomic mass is 10.1. The molecule has 1 aromatic heterocycles. The van der Waals surface area contributed by atoms with Gasteiger partial charge in [-0.05, 0) is 36.4 Å². The molecule has 3 aromatic rings. The van der Waals surface area contributed by atoms with E-state index in [2.05, 4.69) is 26.2 Å². The molecule has 0 saturated carbocycles. The Morgan fingerprint density at radius 1 is 1.15 bits per heavy atom. The fourth-order valence-electron chi connectivity index (χ4n) is 2.33. The standard InChI is InChI=1S/C19H17BrN2O4S/c1-24-13-6-7-17(25-2)15(9-13)16-11-27-19(21-16)22-18(23)10-26-14-5-3-4-12(20)8-14/h3-9,11H,10H2,1-2H3,(H,21,22,23). The van der Waals surface area contributed by atoms with Crippen molar-refractivity contribution < 1.29 is 19.0 Å². The van der Waals surface area contributed by atoms with Gasteiger partial charge in [0.2, 0.25) is 0 Å². The predicted molar refractivity (Wildman–Crippen MR) is 109 cm³/mol. The number of nitrogens with zero attached hydrogens (tertiary/aromatic N) is 1. The number of thiazole rings is 1. The van der Waals surface area contributed by atoms with E-state index in [4.69, 9.17) is 14.2 Å². The van der Waals surface area contributed by atoms with Gasteiger partial charge in [0.05, 0.1) is 19.9 Å². The minimum absolute atomic E-state index is 0.103. The molecule has 8 heteroatoms. The first kappa shape index (κ1) is 19.2. The molecule has 140 valence electrons. The molecule has 2 aromatic carbocycles. The smallest absolute Gasteiger partial charge is 0.264 e. The van der Waals surface area contributed by atoms with Crippen LogP contribution in [-0.2, 0) is 4.79 Å². The number of methoxy groups -OCH3 is 2. The summed E-state index contributed by atoms with van der Waals surface area (Å²) in [5, 5.41) is 5.08. The van der Waals surface area contributed by atoms with Gasteiger partial charge >= 0.3 is 0 Å². The largest absolute Gasteiger partial charge is 0.497 e. The first-order valence-corrected chi connectivity index (χ1v) is 9.62. The van der Waals surface area contributed by atoms with Crippen molar-refractivity contribution in [2.45, 2.75) is 0 Å². The highest BCUT2D eigenvalue weighted by Gasteiger charge is 2.13. The topological polar surface area (TPSA) is 69.7 Å². The fraction of sp³-hybridized carbons (Fsp3) is 0.158. The molecule has 0 aliphatic heterocycles. The SMILES string of the molecule is COc1ccc(OC)c(-c2csc(NC(=O)COc3cccc(Br)c3)n2)c1. The summed E-state index contributed by atoms with van der Waals surface area (Å²) in [5.41, 5.74) is 1.48. The van der Waals surface area contributed by atoms with Crippen LogP contribution in [0.1, 0.15) is 0 Å². The molecule has 6 nitrogen and oxygen atoms in total. The van der Waals surface area contributed by atoms with Crippen molar-refractivity contribution in [2.24, 2.45) is 0 Å². The number of carbonyl (C=O) groups is 1. The normalized spacial score (nSPS) is 10.3. The van der Waals surface area contributed by atoms with Crippen LogP contribution in [-0.4, -0.2) is 31.7 Å². The second-order valence-corrected chi connectivity index (χ2v) is 7.17. The quantitative estimate of drug-likeness (QED) is 0.571. The molecule has 0 atom stereocenters. The number of benzene rings is 2. The first-order chi connectivity index (χ1) is 13.1. The predicted octanol–water partition coefficient (Wildman–Crippen LogP) is 4.61. The Kier molecular flexibility index (Phi) is 6.31. The molecule has 1 N–H and O–H groups in total. The molecule has 0 bridgehead atoms. The van der Waals surface area contributed by atoms with Gasteiger partial charge in [-0.15, -0.1) is 11.3 Å². The van der Waals surface area contributed by atoms with E-state index < -0.39 is 0 Å². The highest BCUT2D eigenvalue weighted by Crippen LogP contribution is 2.35. The van der Waals surface area contributed by atoms with Gasteiger partial charge in [0.15, 0.2) is 11.7 Å². The second kappa shape index (κ2) is 8.88. The number of anilines is 1. The molecule has 0 spiro atoms. The van der Waals surface area contributed by atoms with E-state index in [0.717, 1.165) is 10.0 Å². The van der Waals surface area contributed by atoms with E-state index in [1.54, 1.807) is 26.4 Å². The van der Waals surface area contributed by atoms with Gasteiger partial charge in [0.1, 0.15) is 17.2 Å². The van der Waals surface area contributed by atoms with Crippen molar-refractivity contribution in [1.29, 1.82) is 0 Å². The van der Waals surface area contributed by atoms with Crippen molar-refractivity contribution in [3.8, 4) is 28.5 Å². The second-order valence-electron chi connectivity index (χ2n) is 5.40. The zero-order valence-corrected chi connectivity index (χ0v) is 17.1. The summed E-state index contributed by atoms with van der Waals surface area (Å²) in [6, 6.07) is 12.8. The summed E-state index contributed by atoms with van der Waals surface area (Å²) < 4.78 is 17.0.